The number of benzene rings is 8. The lowest BCUT2D eigenvalue weighted by atomic mass is 9.97. The summed E-state index contributed by atoms with van der Waals surface area (Å²) in [5.74, 6) is 0.970. The van der Waals surface area contributed by atoms with Gasteiger partial charge in [0.1, 0.15) is 5.82 Å². The first-order valence-corrected chi connectivity index (χ1v) is 21.2. The van der Waals surface area contributed by atoms with Gasteiger partial charge >= 0.3 is 0 Å². The van der Waals surface area contributed by atoms with Gasteiger partial charge in [-0.2, -0.15) is 0 Å². The highest BCUT2D eigenvalue weighted by Crippen LogP contribution is 2.48. The van der Waals surface area contributed by atoms with E-state index in [0.29, 0.717) is 0 Å². The molecular weight excluding hydrogens is 756 g/mol. The van der Waals surface area contributed by atoms with Gasteiger partial charge in [-0.05, 0) is 76.5 Å². The molecule has 0 spiro atoms. The first kappa shape index (κ1) is 31.7. The smallest absolute Gasteiger partial charge is 0.197 e. The van der Waals surface area contributed by atoms with Gasteiger partial charge in [-0.3, -0.25) is 4.57 Å². The van der Waals surface area contributed by atoms with E-state index in [1.807, 2.05) is 11.3 Å². The molecule has 0 radical (unpaired) electrons. The summed E-state index contributed by atoms with van der Waals surface area (Å²) in [5, 5.41) is 15.8. The number of nitrogens with zero attached hydrogens (tertiary/aromatic N) is 3. The van der Waals surface area contributed by atoms with Crippen molar-refractivity contribution < 1.29 is 0 Å². The Balaban J connectivity index is 1.17. The molecule has 4 nitrogen and oxygen atoms in total. The zero-order chi connectivity index (χ0) is 37.4. The van der Waals surface area contributed by atoms with E-state index in [9.17, 15) is 0 Å². The van der Waals surface area contributed by atoms with Gasteiger partial charge in [0.05, 0.1) is 36.7 Å². The van der Waals surface area contributed by atoms with E-state index < -0.39 is 5.62 Å². The topological polar surface area (TPSA) is 34.2 Å². The Hall–Kier alpha value is -6.44. The summed E-state index contributed by atoms with van der Waals surface area (Å²) < 4.78 is 9.66. The fourth-order valence-electron chi connectivity index (χ4n) is 9.41. The van der Waals surface area contributed by atoms with E-state index in [-0.39, 0.29) is 0 Å². The van der Waals surface area contributed by atoms with E-state index in [2.05, 4.69) is 178 Å². The lowest BCUT2D eigenvalue weighted by molar-refractivity contribution is 0.754. The SMILES string of the molecule is ClC1N=c2c(sc3ccccc23)=C(n2c3ccc(-c4ccc5c(c4)c4ccccc4n5-c4ccccc4)cc3c3c4ccccc4c4c5ccccc5sc4c32)N1. The minimum Gasteiger partial charge on any atom is -0.336 e. The van der Waals surface area contributed by atoms with Crippen molar-refractivity contribution in [3.8, 4) is 16.8 Å². The molecule has 13 rings (SSSR count). The van der Waals surface area contributed by atoms with Crippen molar-refractivity contribution in [2.75, 3.05) is 0 Å². The van der Waals surface area contributed by atoms with Crippen molar-refractivity contribution in [3.05, 3.63) is 174 Å². The molecule has 57 heavy (non-hydrogen) atoms. The molecule has 0 fully saturated rings. The van der Waals surface area contributed by atoms with Gasteiger partial charge in [-0.15, -0.1) is 22.7 Å². The summed E-state index contributed by atoms with van der Waals surface area (Å²) in [7, 11) is 0. The van der Waals surface area contributed by atoms with Gasteiger partial charge in [0.25, 0.3) is 0 Å². The molecule has 1 unspecified atom stereocenters. The Bertz CT molecular complexity index is 3810. The molecule has 7 heteroatoms. The number of rotatable bonds is 3. The zero-order valence-electron chi connectivity index (χ0n) is 30.2. The zero-order valence-corrected chi connectivity index (χ0v) is 32.6. The summed E-state index contributed by atoms with van der Waals surface area (Å²) in [4.78, 5) is 4.95. The van der Waals surface area contributed by atoms with Gasteiger partial charge in [-0.1, -0.05) is 121 Å². The fraction of sp³-hybridized carbons (Fsp3) is 0.0200. The number of aromatic nitrogens is 2. The number of nitrogens with one attached hydrogen (secondary N) is 1. The fourth-order valence-corrected chi connectivity index (χ4v) is 12.0. The Morgan fingerprint density at radius 2 is 1.07 bits per heavy atom. The van der Waals surface area contributed by atoms with Crippen LogP contribution in [0.2, 0.25) is 0 Å². The predicted octanol–water partition coefficient (Wildman–Crippen LogP) is 12.7. The second-order valence-electron chi connectivity index (χ2n) is 14.8. The number of thiophene rings is 2. The quantitative estimate of drug-likeness (QED) is 0.140. The van der Waals surface area contributed by atoms with E-state index >= 15 is 0 Å². The van der Waals surface area contributed by atoms with E-state index in [4.69, 9.17) is 16.6 Å². The molecule has 0 bridgehead atoms. The molecule has 0 saturated heterocycles. The monoisotopic (exact) mass is 784 g/mol. The molecule has 0 amide bonds. The minimum absolute atomic E-state index is 0.611. The standard InChI is InChI=1S/C50H29ClN4S2/c51-50-52-45-35-18-8-11-21-42(35)57-48(45)49(53-50)55-40-25-23-29(28-22-24-39-36(26-28)31-14-6-9-19-38(31)54(39)30-12-2-1-3-13-30)27-37(40)43-32-15-4-5-16-33(32)44-34-17-7-10-20-41(34)56-47(44)46(43)55/h1-27,50,53H. The normalized spacial score (nSPS) is 14.5. The average Bonchev–Trinajstić information content (AvgIpc) is 4.01. The minimum atomic E-state index is -0.611. The lowest BCUT2D eigenvalue weighted by Crippen LogP contribution is -2.41. The molecule has 1 N–H and O–H groups in total. The van der Waals surface area contributed by atoms with Crippen LogP contribution in [0.1, 0.15) is 0 Å². The van der Waals surface area contributed by atoms with Crippen molar-refractivity contribution in [3.63, 3.8) is 0 Å². The first-order valence-electron chi connectivity index (χ1n) is 19.1. The van der Waals surface area contributed by atoms with Crippen LogP contribution < -0.4 is 15.2 Å². The number of hydrogen-bond acceptors (Lipinski definition) is 4. The summed E-state index contributed by atoms with van der Waals surface area (Å²) >= 11 is 10.7. The predicted molar refractivity (Wildman–Crippen MR) is 244 cm³/mol. The number of alkyl halides is 1. The summed E-state index contributed by atoms with van der Waals surface area (Å²) in [5.41, 5.74) is 7.63. The molecule has 0 saturated carbocycles. The van der Waals surface area contributed by atoms with Crippen LogP contribution in [0.5, 0.6) is 0 Å². The largest absolute Gasteiger partial charge is 0.336 e. The molecule has 0 aliphatic carbocycles. The van der Waals surface area contributed by atoms with Crippen LogP contribution in [-0.4, -0.2) is 14.8 Å². The van der Waals surface area contributed by atoms with Gasteiger partial charge in [0.2, 0.25) is 0 Å². The summed E-state index contributed by atoms with van der Waals surface area (Å²) in [6, 6.07) is 59.6. The van der Waals surface area contributed by atoms with Gasteiger partial charge in [0, 0.05) is 52.8 Å². The third-order valence-corrected chi connectivity index (χ3v) is 14.3. The highest BCUT2D eigenvalue weighted by Gasteiger charge is 2.26. The van der Waals surface area contributed by atoms with Crippen molar-refractivity contribution >= 4 is 125 Å². The van der Waals surface area contributed by atoms with Crippen LogP contribution >= 0.6 is 34.3 Å². The van der Waals surface area contributed by atoms with Crippen molar-refractivity contribution in [2.45, 2.75) is 5.62 Å². The number of halogens is 1. The molecule has 12 aromatic rings. The second kappa shape index (κ2) is 11.8. The number of para-hydroxylation sites is 2. The highest BCUT2D eigenvalue weighted by atomic mass is 35.5. The number of hydrogen-bond donors (Lipinski definition) is 1. The third-order valence-electron chi connectivity index (χ3n) is 11.8. The molecule has 8 aromatic carbocycles. The maximum atomic E-state index is 7.02. The molecule has 1 aliphatic heterocycles. The Morgan fingerprint density at radius 3 is 1.84 bits per heavy atom. The van der Waals surface area contributed by atoms with Crippen LogP contribution in [0.15, 0.2) is 169 Å². The average molecular weight is 785 g/mol. The summed E-state index contributed by atoms with van der Waals surface area (Å²) in [6.07, 6.45) is 0. The maximum Gasteiger partial charge on any atom is 0.197 e. The molecule has 1 aliphatic rings. The molecule has 1 atom stereocenters. The van der Waals surface area contributed by atoms with Crippen molar-refractivity contribution in [1.82, 2.24) is 14.5 Å². The van der Waals surface area contributed by atoms with E-state index in [0.717, 1.165) is 32.3 Å². The number of fused-ring (bicyclic) bond motifs is 16. The Morgan fingerprint density at radius 1 is 0.491 bits per heavy atom. The molecular formula is C50H29ClN4S2. The van der Waals surface area contributed by atoms with Crippen LogP contribution in [0.3, 0.4) is 0 Å². The van der Waals surface area contributed by atoms with Crippen LogP contribution in [-0.2, 0) is 0 Å². The summed E-state index contributed by atoms with van der Waals surface area (Å²) in [6.45, 7) is 0. The third kappa shape index (κ3) is 4.40. The maximum absolute atomic E-state index is 7.02. The molecule has 5 heterocycles. The second-order valence-corrected chi connectivity index (χ2v) is 17.3. The Kier molecular flexibility index (Phi) is 6.56. The van der Waals surface area contributed by atoms with Gasteiger partial charge < -0.3 is 9.88 Å². The first-order chi connectivity index (χ1) is 28.2. The van der Waals surface area contributed by atoms with Crippen molar-refractivity contribution in [1.29, 1.82) is 0 Å². The lowest BCUT2D eigenvalue weighted by Gasteiger charge is -2.19. The molecule has 4 aromatic heterocycles. The van der Waals surface area contributed by atoms with Crippen LogP contribution in [0, 0.1) is 0 Å². The van der Waals surface area contributed by atoms with E-state index in [1.165, 1.54) is 84.9 Å². The van der Waals surface area contributed by atoms with Crippen molar-refractivity contribution in [2.24, 2.45) is 4.99 Å². The highest BCUT2D eigenvalue weighted by molar-refractivity contribution is 7.27. The van der Waals surface area contributed by atoms with Crippen LogP contribution in [0.4, 0.5) is 0 Å². The molecule has 268 valence electrons. The van der Waals surface area contributed by atoms with Gasteiger partial charge in [-0.25, -0.2) is 4.99 Å². The van der Waals surface area contributed by atoms with E-state index in [1.54, 1.807) is 11.3 Å². The Labute approximate surface area is 338 Å². The van der Waals surface area contributed by atoms with Gasteiger partial charge in [0.15, 0.2) is 5.62 Å². The van der Waals surface area contributed by atoms with Crippen LogP contribution in [0.25, 0.3) is 107 Å².